The molecule has 1 saturated carbocycles. The summed E-state index contributed by atoms with van der Waals surface area (Å²) < 4.78 is 0. The lowest BCUT2D eigenvalue weighted by Crippen LogP contribution is -2.49. The van der Waals surface area contributed by atoms with Gasteiger partial charge in [-0.05, 0) is 37.0 Å². The van der Waals surface area contributed by atoms with Gasteiger partial charge in [0.1, 0.15) is 0 Å². The monoisotopic (exact) mass is 262 g/mol. The molecule has 2 unspecified atom stereocenters. The van der Waals surface area contributed by atoms with Crippen molar-refractivity contribution in [2.24, 2.45) is 23.5 Å². The zero-order valence-electron chi connectivity index (χ0n) is 11.4. The van der Waals surface area contributed by atoms with Crippen LogP contribution in [0.3, 0.4) is 0 Å². The third-order valence-electron chi connectivity index (χ3n) is 3.55. The summed E-state index contributed by atoms with van der Waals surface area (Å²) in [5, 5.41) is 3.10. The van der Waals surface area contributed by atoms with Crippen molar-refractivity contribution in [3.05, 3.63) is 0 Å². The van der Waals surface area contributed by atoms with Crippen molar-refractivity contribution >= 4 is 18.3 Å². The average Bonchev–Trinajstić information content (AvgIpc) is 2.14. The first-order valence-electron chi connectivity index (χ1n) is 6.46. The summed E-state index contributed by atoms with van der Waals surface area (Å²) >= 11 is 0. The summed E-state index contributed by atoms with van der Waals surface area (Å²) in [6.45, 7) is 8.49. The molecular weight excluding hydrogens is 236 g/mol. The number of halogens is 1. The summed E-state index contributed by atoms with van der Waals surface area (Å²) in [6.07, 6.45) is 3.48. The van der Waals surface area contributed by atoms with Gasteiger partial charge in [0.2, 0.25) is 5.91 Å². The molecule has 3 N–H and O–H groups in total. The van der Waals surface area contributed by atoms with Gasteiger partial charge in [0, 0.05) is 6.04 Å². The molecule has 0 aromatic carbocycles. The second-order valence-electron chi connectivity index (χ2n) is 5.89. The van der Waals surface area contributed by atoms with Crippen LogP contribution in [-0.4, -0.2) is 18.0 Å². The maximum Gasteiger partial charge on any atom is 0.237 e. The summed E-state index contributed by atoms with van der Waals surface area (Å²) in [5.41, 5.74) is 5.83. The van der Waals surface area contributed by atoms with E-state index in [1.807, 2.05) is 13.8 Å². The topological polar surface area (TPSA) is 55.1 Å². The van der Waals surface area contributed by atoms with Crippen LogP contribution in [-0.2, 0) is 4.79 Å². The largest absolute Gasteiger partial charge is 0.352 e. The minimum atomic E-state index is -0.368. The van der Waals surface area contributed by atoms with Gasteiger partial charge in [-0.2, -0.15) is 0 Å². The van der Waals surface area contributed by atoms with Gasteiger partial charge in [-0.1, -0.05) is 27.7 Å². The van der Waals surface area contributed by atoms with Gasteiger partial charge < -0.3 is 11.1 Å². The quantitative estimate of drug-likeness (QED) is 0.820. The predicted octanol–water partition coefficient (Wildman–Crippen LogP) is 2.33. The standard InChI is InChI=1S/C13H26N2O.ClH/c1-8(2)12(14)13(16)15-11-6-9(3)5-10(4)7-11;/h8-12H,5-7,14H2,1-4H3,(H,15,16);1H/t9?,10?,11?,12-;/m1./s1. The summed E-state index contributed by atoms with van der Waals surface area (Å²) in [4.78, 5) is 11.8. The van der Waals surface area contributed by atoms with Crippen molar-refractivity contribution in [2.45, 2.75) is 59.0 Å². The Balaban J connectivity index is 0.00000256. The van der Waals surface area contributed by atoms with E-state index in [0.29, 0.717) is 17.9 Å². The molecule has 0 aromatic rings. The highest BCUT2D eigenvalue weighted by molar-refractivity contribution is 5.85. The fourth-order valence-electron chi connectivity index (χ4n) is 2.66. The number of hydrogen-bond acceptors (Lipinski definition) is 2. The van der Waals surface area contributed by atoms with E-state index >= 15 is 0 Å². The van der Waals surface area contributed by atoms with Crippen molar-refractivity contribution < 1.29 is 4.79 Å². The molecular formula is C13H27ClN2O. The van der Waals surface area contributed by atoms with E-state index < -0.39 is 0 Å². The molecule has 0 radical (unpaired) electrons. The number of carbonyl (C=O) groups excluding carboxylic acids is 1. The van der Waals surface area contributed by atoms with Gasteiger partial charge in [0.15, 0.2) is 0 Å². The molecule has 0 bridgehead atoms. The number of nitrogens with one attached hydrogen (secondary N) is 1. The highest BCUT2D eigenvalue weighted by Gasteiger charge is 2.27. The van der Waals surface area contributed by atoms with Crippen molar-refractivity contribution in [3.8, 4) is 0 Å². The Morgan fingerprint density at radius 1 is 1.18 bits per heavy atom. The van der Waals surface area contributed by atoms with Gasteiger partial charge in [0.25, 0.3) is 0 Å². The number of rotatable bonds is 3. The molecule has 3 nitrogen and oxygen atoms in total. The lowest BCUT2D eigenvalue weighted by molar-refractivity contribution is -0.124. The van der Waals surface area contributed by atoms with Crippen LogP contribution in [0.15, 0.2) is 0 Å². The SMILES string of the molecule is CC1CC(C)CC(NC(=O)[C@H](N)C(C)C)C1.Cl. The van der Waals surface area contributed by atoms with E-state index in [2.05, 4.69) is 19.2 Å². The van der Waals surface area contributed by atoms with Crippen LogP contribution in [0.4, 0.5) is 0 Å². The van der Waals surface area contributed by atoms with E-state index in [-0.39, 0.29) is 30.3 Å². The Hall–Kier alpha value is -0.280. The number of amides is 1. The maximum absolute atomic E-state index is 11.8. The Bertz CT molecular complexity index is 236. The molecule has 0 saturated heterocycles. The molecule has 17 heavy (non-hydrogen) atoms. The van der Waals surface area contributed by atoms with E-state index in [1.165, 1.54) is 6.42 Å². The molecule has 4 heteroatoms. The van der Waals surface area contributed by atoms with Crippen LogP contribution in [0.5, 0.6) is 0 Å². The highest BCUT2D eigenvalue weighted by atomic mass is 35.5. The molecule has 102 valence electrons. The van der Waals surface area contributed by atoms with Crippen LogP contribution in [0.2, 0.25) is 0 Å². The van der Waals surface area contributed by atoms with Gasteiger partial charge in [0.05, 0.1) is 6.04 Å². The lowest BCUT2D eigenvalue weighted by atomic mass is 9.80. The van der Waals surface area contributed by atoms with Crippen LogP contribution in [0.25, 0.3) is 0 Å². The first-order valence-corrected chi connectivity index (χ1v) is 6.46. The Kier molecular flexibility index (Phi) is 7.10. The molecule has 1 rings (SSSR count). The van der Waals surface area contributed by atoms with E-state index in [9.17, 15) is 4.79 Å². The molecule has 1 aliphatic carbocycles. The third-order valence-corrected chi connectivity index (χ3v) is 3.55. The molecule has 3 atom stereocenters. The smallest absolute Gasteiger partial charge is 0.237 e. The van der Waals surface area contributed by atoms with Gasteiger partial charge >= 0.3 is 0 Å². The van der Waals surface area contributed by atoms with Crippen molar-refractivity contribution in [2.75, 3.05) is 0 Å². The summed E-state index contributed by atoms with van der Waals surface area (Å²) in [5.74, 6) is 1.65. The van der Waals surface area contributed by atoms with Gasteiger partial charge in [-0.3, -0.25) is 4.79 Å². The average molecular weight is 263 g/mol. The Labute approximate surface area is 111 Å². The second-order valence-corrected chi connectivity index (χ2v) is 5.89. The van der Waals surface area contributed by atoms with Crippen LogP contribution in [0, 0.1) is 17.8 Å². The van der Waals surface area contributed by atoms with Gasteiger partial charge in [-0.25, -0.2) is 0 Å². The summed E-state index contributed by atoms with van der Waals surface area (Å²) in [6, 6.07) is -0.0383. The molecule has 1 fully saturated rings. The van der Waals surface area contributed by atoms with E-state index in [1.54, 1.807) is 0 Å². The van der Waals surface area contributed by atoms with Gasteiger partial charge in [-0.15, -0.1) is 12.4 Å². The number of nitrogens with two attached hydrogens (primary N) is 1. The van der Waals surface area contributed by atoms with Crippen molar-refractivity contribution in [1.29, 1.82) is 0 Å². The zero-order chi connectivity index (χ0) is 12.3. The highest BCUT2D eigenvalue weighted by Crippen LogP contribution is 2.28. The van der Waals surface area contributed by atoms with Crippen LogP contribution in [0.1, 0.15) is 47.0 Å². The van der Waals surface area contributed by atoms with Crippen LogP contribution >= 0.6 is 12.4 Å². The fourth-order valence-corrected chi connectivity index (χ4v) is 2.66. The second kappa shape index (κ2) is 7.22. The molecule has 1 amide bonds. The maximum atomic E-state index is 11.8. The minimum absolute atomic E-state index is 0. The molecule has 0 heterocycles. The molecule has 0 spiro atoms. The Morgan fingerprint density at radius 2 is 1.65 bits per heavy atom. The van der Waals surface area contributed by atoms with Crippen molar-refractivity contribution in [1.82, 2.24) is 5.32 Å². The first-order chi connectivity index (χ1) is 7.40. The van der Waals surface area contributed by atoms with Crippen LogP contribution < -0.4 is 11.1 Å². The lowest BCUT2D eigenvalue weighted by Gasteiger charge is -2.32. The predicted molar refractivity (Wildman–Crippen MR) is 74.2 cm³/mol. The number of hydrogen-bond donors (Lipinski definition) is 2. The fraction of sp³-hybridized carbons (Fsp3) is 0.923. The zero-order valence-corrected chi connectivity index (χ0v) is 12.2. The third kappa shape index (κ3) is 5.26. The minimum Gasteiger partial charge on any atom is -0.352 e. The van der Waals surface area contributed by atoms with E-state index in [0.717, 1.165) is 12.8 Å². The normalized spacial score (nSPS) is 30.6. The molecule has 0 aliphatic heterocycles. The first kappa shape index (κ1) is 16.7. The number of carbonyl (C=O) groups is 1. The summed E-state index contributed by atoms with van der Waals surface area (Å²) in [7, 11) is 0. The van der Waals surface area contributed by atoms with Crippen molar-refractivity contribution in [3.63, 3.8) is 0 Å². The molecule has 1 aliphatic rings. The van der Waals surface area contributed by atoms with E-state index in [4.69, 9.17) is 5.73 Å². The Morgan fingerprint density at radius 3 is 2.06 bits per heavy atom. The molecule has 0 aromatic heterocycles.